The van der Waals surface area contributed by atoms with E-state index >= 15 is 0 Å². The zero-order chi connectivity index (χ0) is 108. The first kappa shape index (κ1) is 120. The van der Waals surface area contributed by atoms with Gasteiger partial charge in [-0.3, -0.25) is 9.35 Å². The number of carboxylic acids is 1. The van der Waals surface area contributed by atoms with Crippen LogP contribution in [0.2, 0.25) is 0 Å². The maximum absolute atomic E-state index is 11.7. The van der Waals surface area contributed by atoms with Crippen LogP contribution in [0.25, 0.3) is 0 Å². The first-order valence-electron chi connectivity index (χ1n) is 63.8. The van der Waals surface area contributed by atoms with Gasteiger partial charge in [0.1, 0.15) is 0 Å². The second-order valence-electron chi connectivity index (χ2n) is 60.1. The predicted octanol–water partition coefficient (Wildman–Crippen LogP) is 24.6. The predicted molar refractivity (Wildman–Crippen MR) is 593 cm³/mol. The molecule has 0 aromatic carbocycles. The Kier molecular flexibility index (Phi) is 38.2. The molecular formula is C129H226O19S. The van der Waals surface area contributed by atoms with E-state index in [1.807, 2.05) is 0 Å². The molecule has 0 spiro atoms. The van der Waals surface area contributed by atoms with Gasteiger partial charge in [0.05, 0.1) is 67.6 Å². The molecule has 0 aromatic heterocycles. The Morgan fingerprint density at radius 1 is 0.268 bits per heavy atom. The van der Waals surface area contributed by atoms with E-state index in [9.17, 15) is 79.6 Å². The normalized spacial score (nSPS) is 52.0. The van der Waals surface area contributed by atoms with Gasteiger partial charge in [-0.1, -0.05) is 171 Å². The van der Waals surface area contributed by atoms with E-state index in [0.717, 1.165) is 217 Å². The van der Waals surface area contributed by atoms with E-state index < -0.39 is 16.4 Å². The van der Waals surface area contributed by atoms with Crippen molar-refractivity contribution in [3.05, 3.63) is 0 Å². The molecule has 862 valence electrons. The van der Waals surface area contributed by atoms with Gasteiger partial charge in [-0.25, -0.2) is 4.18 Å². The number of fused-ring (bicyclic) bond motifs is 25. The Bertz CT molecular complexity index is 4180. The number of rotatable bonds is 26. The van der Waals surface area contributed by atoms with Gasteiger partial charge in [0.25, 0.3) is 0 Å². The maximum Gasteiger partial charge on any atom is 0.397 e. The SMILES string of the molecule is CC[C@@H]1[C@@H](O)C2C3CC[C@H]([C@H](C)CCCO)[C@@]3(C)CCC2[C@@]2(C)CC[C@H](O)C[C@@H]12.CC[C@@H]1[C@H](O)C2C3CC[C@H]([C@H](C)CCCO)[C@@]3(C)CCC2[C@@]2(C)CC[C@H](O)C[C@@H]12.CC[C@H]1[C@@H](O)C2C3CC[C@H]([C@H](C)CCC(=O)O)[C@@]3(C)CCC2[C@@]2(C)CC[C@H](O)C[C@@H]12.CC[C@H]1[C@@H](O)C2C3CC[C@H]([C@H](C)CCOS(=O)(=O)O)[C@@]3(C)CCC2[C@@]2(C)CC[C@H](O)C[C@@H]12.CC[C@H]1[C@H](O)C2C3CC[C@H]([C@H](C)CCCO)[C@@]3(C)CCC2[C@@]2(C)CC[C@H](O)C[C@@H]12. The fourth-order valence-electron chi connectivity index (χ4n) is 47.6. The number of carbonyl (C=O) groups is 1. The Hall–Kier alpha value is -1.18. The van der Waals surface area contributed by atoms with Crippen molar-refractivity contribution in [1.29, 1.82) is 0 Å². The van der Waals surface area contributed by atoms with E-state index in [1.165, 1.54) is 103 Å². The fourth-order valence-corrected chi connectivity index (χ4v) is 47.9. The van der Waals surface area contributed by atoms with Crippen molar-refractivity contribution in [3.63, 3.8) is 0 Å². The third-order valence-corrected chi connectivity index (χ3v) is 55.3. The summed E-state index contributed by atoms with van der Waals surface area (Å²) in [4.78, 5) is 11.1. The molecule has 15 N–H and O–H groups in total. The summed E-state index contributed by atoms with van der Waals surface area (Å²) in [5.41, 5.74) is 2.79. The molecule has 15 unspecified atom stereocenters. The quantitative estimate of drug-likeness (QED) is 0.0358. The van der Waals surface area contributed by atoms with E-state index in [4.69, 9.17) is 9.66 Å². The zero-order valence-electron chi connectivity index (χ0n) is 97.7. The Morgan fingerprint density at radius 3 is 0.631 bits per heavy atom. The van der Waals surface area contributed by atoms with E-state index in [1.54, 1.807) is 0 Å². The second-order valence-corrected chi connectivity index (χ2v) is 61.2. The first-order chi connectivity index (χ1) is 70.4. The van der Waals surface area contributed by atoms with Crippen molar-refractivity contribution in [2.24, 2.45) is 261 Å². The molecule has 20 rings (SSSR count). The lowest BCUT2D eigenvalue weighted by Gasteiger charge is -2.64. The number of aliphatic hydroxyl groups excluding tert-OH is 13. The number of hydrogen-bond acceptors (Lipinski definition) is 17. The van der Waals surface area contributed by atoms with Gasteiger partial charge in [0, 0.05) is 26.2 Å². The highest BCUT2D eigenvalue weighted by atomic mass is 32.3. The summed E-state index contributed by atoms with van der Waals surface area (Å²) >= 11 is 0. The maximum atomic E-state index is 11.7. The van der Waals surface area contributed by atoms with Gasteiger partial charge >= 0.3 is 16.4 Å². The summed E-state index contributed by atoms with van der Waals surface area (Å²) < 4.78 is 35.4. The van der Waals surface area contributed by atoms with Crippen molar-refractivity contribution in [1.82, 2.24) is 0 Å². The van der Waals surface area contributed by atoms with Crippen LogP contribution < -0.4 is 0 Å². The molecule has 0 amide bonds. The number of aliphatic carboxylic acids is 1. The highest BCUT2D eigenvalue weighted by molar-refractivity contribution is 7.80. The lowest BCUT2D eigenvalue weighted by molar-refractivity contribution is -0.203. The molecule has 0 heterocycles. The zero-order valence-corrected chi connectivity index (χ0v) is 98.5. The average molecular weight is 2110 g/mol. The van der Waals surface area contributed by atoms with E-state index in [0.29, 0.717) is 242 Å². The largest absolute Gasteiger partial charge is 0.481 e. The molecule has 20 saturated carbocycles. The molecule has 20 aliphatic rings. The molecule has 0 aliphatic heterocycles. The number of hydrogen-bond donors (Lipinski definition) is 15. The van der Waals surface area contributed by atoms with Crippen LogP contribution in [0.3, 0.4) is 0 Å². The summed E-state index contributed by atoms with van der Waals surface area (Å²) in [6.07, 6.45) is 50.3. The van der Waals surface area contributed by atoms with Crippen LogP contribution in [0, 0.1) is 261 Å². The number of aliphatic hydroxyl groups is 13. The molecule has 20 heteroatoms. The van der Waals surface area contributed by atoms with Gasteiger partial charge in [-0.15, -0.1) is 0 Å². The third kappa shape index (κ3) is 21.6. The van der Waals surface area contributed by atoms with Crippen molar-refractivity contribution < 1.29 is 93.4 Å². The molecule has 20 aliphatic carbocycles. The van der Waals surface area contributed by atoms with E-state index in [2.05, 4.69) is 143 Å². The molecular weight excluding hydrogens is 1890 g/mol. The van der Waals surface area contributed by atoms with Crippen molar-refractivity contribution >= 4 is 16.4 Å². The van der Waals surface area contributed by atoms with Gasteiger partial charge in [0.2, 0.25) is 0 Å². The molecule has 0 radical (unpaired) electrons. The van der Waals surface area contributed by atoms with Crippen LogP contribution >= 0.6 is 0 Å². The molecule has 55 atom stereocenters. The minimum atomic E-state index is -4.39. The summed E-state index contributed by atoms with van der Waals surface area (Å²) in [7, 11) is -4.39. The van der Waals surface area contributed by atoms with Crippen molar-refractivity contribution in [3.8, 4) is 0 Å². The lowest BCUT2D eigenvalue weighted by atomic mass is 9.41. The highest BCUT2D eigenvalue weighted by Gasteiger charge is 2.73. The molecule has 19 nitrogen and oxygen atoms in total. The van der Waals surface area contributed by atoms with Crippen molar-refractivity contribution in [2.75, 3.05) is 26.4 Å². The Morgan fingerprint density at radius 2 is 0.450 bits per heavy atom. The molecule has 0 aromatic rings. The monoisotopic (exact) mass is 2110 g/mol. The Balaban J connectivity index is 0.000000133. The van der Waals surface area contributed by atoms with Crippen LogP contribution in [-0.2, 0) is 19.4 Å². The number of carboxylic acid groups (broad SMARTS) is 1. The van der Waals surface area contributed by atoms with Gasteiger partial charge in [-0.2, -0.15) is 8.42 Å². The van der Waals surface area contributed by atoms with Crippen LogP contribution in [0.5, 0.6) is 0 Å². The molecule has 149 heavy (non-hydrogen) atoms. The molecule has 20 fully saturated rings. The molecule has 0 bridgehead atoms. The summed E-state index contributed by atoms with van der Waals surface area (Å²) in [5, 5.41) is 148. The Labute approximate surface area is 906 Å². The van der Waals surface area contributed by atoms with Crippen LogP contribution in [0.1, 0.15) is 453 Å². The fraction of sp³-hybridized carbons (Fsp3) is 0.992. The lowest BCUT2D eigenvalue weighted by Crippen LogP contribution is -2.62. The first-order valence-corrected chi connectivity index (χ1v) is 65.2. The summed E-state index contributed by atoms with van der Waals surface area (Å²) in [6, 6.07) is 0. The summed E-state index contributed by atoms with van der Waals surface area (Å²) in [5.74, 6) is 17.3. The van der Waals surface area contributed by atoms with E-state index in [-0.39, 0.29) is 102 Å². The topological polar surface area (TPSA) is 364 Å². The standard InChI is InChI=1S/C26H44O4.3C26H46O3.C25H44O6S/c1-5-17-21-14-16(27)10-12-26(21,4)20-11-13-25(3)18(15(2)6-9-22(28)29)7-8-19(25)23(20)24(17)30;3*1-5-18-22-15-17(28)10-12-26(22,4)21-11-13-25(3)19(16(2)7-6-14-27)8-9-20(25)23(21)24(18)29;1-5-17-21-14-16(26)8-11-25(21,4)20-9-12-24(3)18(6-7-19(24)22(20)23(17)27)15(2)10-13-31-32(28,29)30/h15-21,23-24,27,30H,5-14H2,1-4H3,(H,28,29);3*16-24,27-29H,5-15H2,1-4H3;15-23,26-27H,5-14H2,1-4H3,(H,28,29,30)/t15-,16+,17-,18-,19?,20?,21+,23?,24-,25-,26-;16-,17+,18+,19-,20?,21?,22+,23?,24+,25-,26-;16-,17+,18+,19-,20?,21?,22+,23?,24-,25-,26-;16-,17+,18-,19-,20?,21?,22+,23?,24+,25-,26-;15-,16+,17-,18-,19?,20?,21+,22?,23-,24-,25-/m11111/s1. The minimum absolute atomic E-state index is 0.0198. The van der Waals surface area contributed by atoms with Gasteiger partial charge < -0.3 is 71.5 Å². The van der Waals surface area contributed by atoms with Crippen LogP contribution in [0.4, 0.5) is 0 Å². The third-order valence-electron chi connectivity index (χ3n) is 54.8. The molecule has 0 saturated heterocycles. The van der Waals surface area contributed by atoms with Crippen LogP contribution in [0.15, 0.2) is 0 Å². The second kappa shape index (κ2) is 47.3. The van der Waals surface area contributed by atoms with Gasteiger partial charge in [0.15, 0.2) is 0 Å². The van der Waals surface area contributed by atoms with Crippen molar-refractivity contribution in [2.45, 2.75) is 514 Å². The summed E-state index contributed by atoms with van der Waals surface area (Å²) in [6.45, 7) is 48.9. The van der Waals surface area contributed by atoms with Crippen LogP contribution in [-0.4, -0.2) is 178 Å². The smallest absolute Gasteiger partial charge is 0.397 e. The average Bonchev–Trinajstić information content (AvgIpc) is 0.863. The highest BCUT2D eigenvalue weighted by Crippen LogP contribution is 2.78. The minimum Gasteiger partial charge on any atom is -0.481 e. The van der Waals surface area contributed by atoms with Gasteiger partial charge in [-0.05, 0) is 537 Å².